The van der Waals surface area contributed by atoms with Crippen LogP contribution in [-0.2, 0) is 6.54 Å². The van der Waals surface area contributed by atoms with Crippen molar-refractivity contribution in [1.82, 2.24) is 4.90 Å². The van der Waals surface area contributed by atoms with E-state index in [1.807, 2.05) is 36.4 Å². The quantitative estimate of drug-likeness (QED) is 0.535. The van der Waals surface area contributed by atoms with Crippen molar-refractivity contribution in [2.45, 2.75) is 6.54 Å². The fraction of sp³-hybridized carbons (Fsp3) is 0.250. The number of nitrogens with zero attached hydrogens (tertiary/aromatic N) is 2. The SMILES string of the molecule is COc1ccc(/C=C2\Oc3c(ccc(O)c3CN3CCN(c4ccc(OC)cc4)CC3)C2=O)cc1. The van der Waals surface area contributed by atoms with Crippen LogP contribution in [0.15, 0.2) is 66.4 Å². The molecule has 0 aromatic heterocycles. The highest BCUT2D eigenvalue weighted by Gasteiger charge is 2.32. The van der Waals surface area contributed by atoms with Gasteiger partial charge in [0.1, 0.15) is 23.0 Å². The number of hydrogen-bond donors (Lipinski definition) is 1. The minimum atomic E-state index is -0.179. The monoisotopic (exact) mass is 472 g/mol. The second kappa shape index (κ2) is 9.72. The third-order valence-electron chi connectivity index (χ3n) is 6.52. The first-order valence-corrected chi connectivity index (χ1v) is 11.6. The van der Waals surface area contributed by atoms with E-state index in [4.69, 9.17) is 14.2 Å². The zero-order valence-electron chi connectivity index (χ0n) is 19.9. The summed E-state index contributed by atoms with van der Waals surface area (Å²) in [6.45, 7) is 3.90. The van der Waals surface area contributed by atoms with Crippen molar-refractivity contribution in [3.8, 4) is 23.0 Å². The lowest BCUT2D eigenvalue weighted by molar-refractivity contribution is 0.101. The number of fused-ring (bicyclic) bond motifs is 1. The summed E-state index contributed by atoms with van der Waals surface area (Å²) in [6, 6.07) is 18.7. The molecule has 7 heteroatoms. The van der Waals surface area contributed by atoms with Crippen LogP contribution in [0.1, 0.15) is 21.5 Å². The molecule has 5 rings (SSSR count). The fourth-order valence-corrected chi connectivity index (χ4v) is 4.48. The smallest absolute Gasteiger partial charge is 0.231 e. The number of carbonyl (C=O) groups is 1. The number of hydrogen-bond acceptors (Lipinski definition) is 7. The standard InChI is InChI=1S/C28H28N2O5/c1-33-21-7-3-19(4-8-21)17-26-27(32)23-11-12-25(31)24(28(23)35-26)18-29-13-15-30(16-14-29)20-5-9-22(34-2)10-6-20/h3-12,17,31H,13-16,18H2,1-2H3/b26-17-. The van der Waals surface area contributed by atoms with Gasteiger partial charge >= 0.3 is 0 Å². The number of benzene rings is 3. The van der Waals surface area contributed by atoms with Crippen LogP contribution in [0.4, 0.5) is 5.69 Å². The Balaban J connectivity index is 1.29. The molecule has 3 aromatic carbocycles. The zero-order chi connectivity index (χ0) is 24.4. The largest absolute Gasteiger partial charge is 0.507 e. The Labute approximate surface area is 204 Å². The van der Waals surface area contributed by atoms with Gasteiger partial charge in [0, 0.05) is 38.4 Å². The fourth-order valence-electron chi connectivity index (χ4n) is 4.48. The van der Waals surface area contributed by atoms with E-state index in [1.54, 1.807) is 32.4 Å². The van der Waals surface area contributed by atoms with E-state index in [1.165, 1.54) is 0 Å². The average Bonchev–Trinajstić information content (AvgIpc) is 3.21. The number of phenols is 1. The summed E-state index contributed by atoms with van der Waals surface area (Å²) in [5.41, 5.74) is 3.12. The number of rotatable bonds is 6. The predicted molar refractivity (Wildman–Crippen MR) is 135 cm³/mol. The molecule has 0 bridgehead atoms. The first kappa shape index (κ1) is 22.8. The van der Waals surface area contributed by atoms with Crippen molar-refractivity contribution in [2.75, 3.05) is 45.3 Å². The molecule has 0 unspecified atom stereocenters. The highest BCUT2D eigenvalue weighted by molar-refractivity contribution is 6.15. The summed E-state index contributed by atoms with van der Waals surface area (Å²) < 4.78 is 16.5. The predicted octanol–water partition coefficient (Wildman–Crippen LogP) is 4.35. The summed E-state index contributed by atoms with van der Waals surface area (Å²) >= 11 is 0. The van der Waals surface area contributed by atoms with Crippen molar-refractivity contribution in [1.29, 1.82) is 0 Å². The molecular weight excluding hydrogens is 444 g/mol. The molecular formula is C28H28N2O5. The summed E-state index contributed by atoms with van der Waals surface area (Å²) in [5, 5.41) is 10.6. The Bertz CT molecular complexity index is 1240. The van der Waals surface area contributed by atoms with Gasteiger partial charge in [0.05, 0.1) is 25.3 Å². The maximum Gasteiger partial charge on any atom is 0.231 e. The van der Waals surface area contributed by atoms with Crippen LogP contribution in [0.3, 0.4) is 0 Å². The van der Waals surface area contributed by atoms with E-state index in [2.05, 4.69) is 21.9 Å². The minimum absolute atomic E-state index is 0.139. The third-order valence-corrected chi connectivity index (χ3v) is 6.52. The van der Waals surface area contributed by atoms with E-state index in [0.29, 0.717) is 23.4 Å². The average molecular weight is 473 g/mol. The number of Topliss-reactive ketones (excluding diaryl/α,β-unsaturated/α-hetero) is 1. The first-order valence-electron chi connectivity index (χ1n) is 11.6. The van der Waals surface area contributed by atoms with Crippen molar-refractivity contribution in [3.05, 3.63) is 83.1 Å². The molecule has 7 nitrogen and oxygen atoms in total. The second-order valence-electron chi connectivity index (χ2n) is 8.61. The number of carbonyl (C=O) groups excluding carboxylic acids is 1. The molecule has 0 saturated carbocycles. The minimum Gasteiger partial charge on any atom is -0.507 e. The van der Waals surface area contributed by atoms with Gasteiger partial charge in [-0.2, -0.15) is 0 Å². The van der Waals surface area contributed by atoms with Crippen LogP contribution >= 0.6 is 0 Å². The normalized spacial score (nSPS) is 16.8. The van der Waals surface area contributed by atoms with Crippen LogP contribution in [0, 0.1) is 0 Å². The molecule has 1 fully saturated rings. The van der Waals surface area contributed by atoms with E-state index < -0.39 is 0 Å². The molecule has 0 amide bonds. The molecule has 1 N–H and O–H groups in total. The van der Waals surface area contributed by atoms with Gasteiger partial charge in [-0.25, -0.2) is 0 Å². The molecule has 0 aliphatic carbocycles. The third kappa shape index (κ3) is 4.68. The number of phenolic OH excluding ortho intramolecular Hbond substituents is 1. The molecule has 0 spiro atoms. The van der Waals surface area contributed by atoms with Crippen LogP contribution in [0.2, 0.25) is 0 Å². The summed E-state index contributed by atoms with van der Waals surface area (Å²) in [5.74, 6) is 2.25. The van der Waals surface area contributed by atoms with Gasteiger partial charge in [0.25, 0.3) is 0 Å². The Morgan fingerprint density at radius 1 is 0.886 bits per heavy atom. The van der Waals surface area contributed by atoms with Crippen LogP contribution in [0.25, 0.3) is 6.08 Å². The molecule has 35 heavy (non-hydrogen) atoms. The first-order chi connectivity index (χ1) is 17.1. The Morgan fingerprint density at radius 2 is 1.51 bits per heavy atom. The van der Waals surface area contributed by atoms with Crippen LogP contribution < -0.4 is 19.1 Å². The molecule has 180 valence electrons. The number of aromatic hydroxyl groups is 1. The van der Waals surface area contributed by atoms with E-state index >= 15 is 0 Å². The van der Waals surface area contributed by atoms with Gasteiger partial charge in [0.15, 0.2) is 5.76 Å². The number of ether oxygens (including phenoxy) is 3. The van der Waals surface area contributed by atoms with E-state index in [-0.39, 0.29) is 17.3 Å². The lowest BCUT2D eigenvalue weighted by Gasteiger charge is -2.36. The topological polar surface area (TPSA) is 71.5 Å². The number of ketones is 1. The number of methoxy groups -OCH3 is 2. The number of allylic oxidation sites excluding steroid dienone is 1. The molecule has 2 aliphatic heterocycles. The van der Waals surface area contributed by atoms with Crippen molar-refractivity contribution in [2.24, 2.45) is 0 Å². The van der Waals surface area contributed by atoms with Gasteiger partial charge in [-0.1, -0.05) is 12.1 Å². The molecule has 3 aromatic rings. The molecule has 0 radical (unpaired) electrons. The Morgan fingerprint density at radius 3 is 2.14 bits per heavy atom. The highest BCUT2D eigenvalue weighted by Crippen LogP contribution is 2.40. The van der Waals surface area contributed by atoms with Gasteiger partial charge in [-0.3, -0.25) is 9.69 Å². The second-order valence-corrected chi connectivity index (χ2v) is 8.61. The van der Waals surface area contributed by atoms with Crippen molar-refractivity contribution < 1.29 is 24.1 Å². The molecule has 2 aliphatic rings. The highest BCUT2D eigenvalue weighted by atomic mass is 16.5. The van der Waals surface area contributed by atoms with Gasteiger partial charge in [0.2, 0.25) is 5.78 Å². The Kier molecular flexibility index (Phi) is 6.33. The summed E-state index contributed by atoms with van der Waals surface area (Å²) in [6.07, 6.45) is 1.72. The van der Waals surface area contributed by atoms with Crippen molar-refractivity contribution >= 4 is 17.5 Å². The van der Waals surface area contributed by atoms with Crippen molar-refractivity contribution in [3.63, 3.8) is 0 Å². The lowest BCUT2D eigenvalue weighted by Crippen LogP contribution is -2.46. The van der Waals surface area contributed by atoms with E-state index in [0.717, 1.165) is 48.9 Å². The van der Waals surface area contributed by atoms with Gasteiger partial charge in [-0.15, -0.1) is 0 Å². The molecule has 1 saturated heterocycles. The number of anilines is 1. The van der Waals surface area contributed by atoms with Crippen LogP contribution in [0.5, 0.6) is 23.0 Å². The molecule has 0 atom stereocenters. The van der Waals surface area contributed by atoms with Crippen LogP contribution in [-0.4, -0.2) is 56.2 Å². The summed E-state index contributed by atoms with van der Waals surface area (Å²) in [7, 11) is 3.28. The van der Waals surface area contributed by atoms with Gasteiger partial charge < -0.3 is 24.2 Å². The Hall–Kier alpha value is -3.97. The zero-order valence-corrected chi connectivity index (χ0v) is 19.9. The summed E-state index contributed by atoms with van der Waals surface area (Å²) in [4.78, 5) is 17.6. The van der Waals surface area contributed by atoms with Gasteiger partial charge in [-0.05, 0) is 60.2 Å². The maximum atomic E-state index is 13.0. The lowest BCUT2D eigenvalue weighted by atomic mass is 10.0. The van der Waals surface area contributed by atoms with E-state index in [9.17, 15) is 9.90 Å². The number of piperazine rings is 1. The molecule has 2 heterocycles. The maximum absolute atomic E-state index is 13.0.